The van der Waals surface area contributed by atoms with Crippen LogP contribution in [-0.4, -0.2) is 19.2 Å². The maximum atomic E-state index is 11.7. The zero-order valence-corrected chi connectivity index (χ0v) is 8.92. The molecule has 0 saturated heterocycles. The van der Waals surface area contributed by atoms with Crippen molar-refractivity contribution in [1.29, 1.82) is 0 Å². The Morgan fingerprint density at radius 1 is 1.33 bits per heavy atom. The van der Waals surface area contributed by atoms with Crippen LogP contribution in [0.3, 0.4) is 0 Å². The fourth-order valence-electron chi connectivity index (χ4n) is 1.46. The first kappa shape index (κ1) is 9.98. The lowest BCUT2D eigenvalue weighted by Gasteiger charge is -1.95. The molecular weight excluding hydrogens is 210 g/mol. The highest BCUT2D eigenvalue weighted by molar-refractivity contribution is 7.91. The molecular formula is C11H11NO2S. The fraction of sp³-hybridized carbons (Fsp3) is 0.0909. The molecule has 1 N–H and O–H groups in total. The molecule has 0 bridgehead atoms. The van der Waals surface area contributed by atoms with Gasteiger partial charge in [-0.3, -0.25) is 0 Å². The molecule has 15 heavy (non-hydrogen) atoms. The number of aromatic amines is 1. The maximum absolute atomic E-state index is 11.7. The van der Waals surface area contributed by atoms with E-state index in [0.29, 0.717) is 0 Å². The van der Waals surface area contributed by atoms with E-state index in [1.54, 1.807) is 6.07 Å². The van der Waals surface area contributed by atoms with Crippen LogP contribution in [0.2, 0.25) is 0 Å². The van der Waals surface area contributed by atoms with Crippen LogP contribution >= 0.6 is 0 Å². The van der Waals surface area contributed by atoms with Gasteiger partial charge in [-0.2, -0.15) is 0 Å². The van der Waals surface area contributed by atoms with Gasteiger partial charge in [0, 0.05) is 10.9 Å². The highest BCUT2D eigenvalue weighted by Gasteiger charge is 2.14. The van der Waals surface area contributed by atoms with Crippen LogP contribution in [0.4, 0.5) is 0 Å². The lowest BCUT2D eigenvalue weighted by molar-refractivity contribution is 0.596. The summed E-state index contributed by atoms with van der Waals surface area (Å²) in [7, 11) is -3.25. The third-order valence-corrected chi connectivity index (χ3v) is 3.74. The Balaban J connectivity index is 2.58. The zero-order valence-electron chi connectivity index (χ0n) is 8.10. The number of rotatable bonds is 3. The molecule has 4 heteroatoms. The summed E-state index contributed by atoms with van der Waals surface area (Å²) >= 11 is 0. The van der Waals surface area contributed by atoms with Crippen LogP contribution in [-0.2, 0) is 9.84 Å². The Labute approximate surface area is 88.4 Å². The first-order valence-corrected chi connectivity index (χ1v) is 6.20. The summed E-state index contributed by atoms with van der Waals surface area (Å²) < 4.78 is 23.4. The number of aromatic nitrogens is 1. The summed E-state index contributed by atoms with van der Waals surface area (Å²) in [5.41, 5.74) is 0.833. The zero-order chi connectivity index (χ0) is 10.9. The van der Waals surface area contributed by atoms with Crippen molar-refractivity contribution in [3.8, 4) is 0 Å². The van der Waals surface area contributed by atoms with Gasteiger partial charge in [0.25, 0.3) is 0 Å². The van der Waals surface area contributed by atoms with E-state index in [-0.39, 0.29) is 10.8 Å². The molecule has 0 saturated carbocycles. The molecule has 0 aliphatic rings. The minimum Gasteiger partial charge on any atom is -0.346 e. The SMILES string of the molecule is C=CCS(=O)(=O)c1cc2ccccc2[nH]1. The number of hydrogen-bond donors (Lipinski definition) is 1. The van der Waals surface area contributed by atoms with Gasteiger partial charge in [-0.05, 0) is 12.1 Å². The Morgan fingerprint density at radius 2 is 2.07 bits per heavy atom. The molecule has 2 rings (SSSR count). The van der Waals surface area contributed by atoms with Crippen LogP contribution in [0.5, 0.6) is 0 Å². The van der Waals surface area contributed by atoms with Crippen molar-refractivity contribution < 1.29 is 8.42 Å². The van der Waals surface area contributed by atoms with Gasteiger partial charge >= 0.3 is 0 Å². The Kier molecular flexibility index (Phi) is 2.36. The number of hydrogen-bond acceptors (Lipinski definition) is 2. The number of H-pyrrole nitrogens is 1. The first-order chi connectivity index (χ1) is 7.13. The van der Waals surface area contributed by atoms with Gasteiger partial charge in [0.1, 0.15) is 5.03 Å². The van der Waals surface area contributed by atoms with Gasteiger partial charge in [0.15, 0.2) is 9.84 Å². The van der Waals surface area contributed by atoms with Gasteiger partial charge < -0.3 is 4.98 Å². The summed E-state index contributed by atoms with van der Waals surface area (Å²) in [6.07, 6.45) is 1.39. The van der Waals surface area contributed by atoms with Gasteiger partial charge in [-0.25, -0.2) is 8.42 Å². The molecule has 0 fully saturated rings. The molecule has 0 unspecified atom stereocenters. The summed E-state index contributed by atoms with van der Waals surface area (Å²) in [4.78, 5) is 2.88. The monoisotopic (exact) mass is 221 g/mol. The summed E-state index contributed by atoms with van der Waals surface area (Å²) in [6.45, 7) is 3.43. The van der Waals surface area contributed by atoms with Crippen molar-refractivity contribution >= 4 is 20.7 Å². The Morgan fingerprint density at radius 3 is 2.73 bits per heavy atom. The predicted octanol–water partition coefficient (Wildman–Crippen LogP) is 2.13. The predicted molar refractivity (Wildman–Crippen MR) is 60.5 cm³/mol. The van der Waals surface area contributed by atoms with Gasteiger partial charge in [0.2, 0.25) is 0 Å². The van der Waals surface area contributed by atoms with Crippen LogP contribution in [0.1, 0.15) is 0 Å². The molecule has 0 aliphatic heterocycles. The highest BCUT2D eigenvalue weighted by Crippen LogP contribution is 2.18. The largest absolute Gasteiger partial charge is 0.346 e. The van der Waals surface area contributed by atoms with Crippen LogP contribution < -0.4 is 0 Å². The second kappa shape index (κ2) is 3.55. The number of nitrogens with one attached hydrogen (secondary N) is 1. The van der Waals surface area contributed by atoms with Crippen LogP contribution in [0, 0.1) is 0 Å². The van der Waals surface area contributed by atoms with Crippen molar-refractivity contribution in [1.82, 2.24) is 4.98 Å². The highest BCUT2D eigenvalue weighted by atomic mass is 32.2. The number of sulfone groups is 1. The van der Waals surface area contributed by atoms with E-state index in [4.69, 9.17) is 0 Å². The summed E-state index contributed by atoms with van der Waals surface area (Å²) in [5, 5.41) is 1.16. The van der Waals surface area contributed by atoms with Gasteiger partial charge in [0.05, 0.1) is 5.75 Å². The van der Waals surface area contributed by atoms with E-state index in [1.165, 1.54) is 6.08 Å². The molecule has 0 amide bonds. The van der Waals surface area contributed by atoms with Crippen molar-refractivity contribution in [2.45, 2.75) is 5.03 Å². The van der Waals surface area contributed by atoms with E-state index in [0.717, 1.165) is 10.9 Å². The second-order valence-electron chi connectivity index (χ2n) is 3.29. The summed E-state index contributed by atoms with van der Waals surface area (Å²) in [5.74, 6) is -0.0418. The van der Waals surface area contributed by atoms with E-state index in [1.807, 2.05) is 24.3 Å². The Bertz CT molecular complexity index is 563. The average Bonchev–Trinajstić information content (AvgIpc) is 2.61. The quantitative estimate of drug-likeness (QED) is 0.807. The average molecular weight is 221 g/mol. The summed E-state index contributed by atoms with van der Waals surface area (Å²) in [6, 6.07) is 9.11. The number of benzene rings is 1. The normalized spacial score (nSPS) is 11.7. The molecule has 2 aromatic rings. The van der Waals surface area contributed by atoms with E-state index < -0.39 is 9.84 Å². The maximum Gasteiger partial charge on any atom is 0.197 e. The Hall–Kier alpha value is -1.55. The first-order valence-electron chi connectivity index (χ1n) is 4.55. The molecule has 0 aliphatic carbocycles. The fourth-order valence-corrected chi connectivity index (χ4v) is 2.52. The minimum absolute atomic E-state index is 0.0418. The van der Waals surface area contributed by atoms with E-state index in [2.05, 4.69) is 11.6 Å². The van der Waals surface area contributed by atoms with Gasteiger partial charge in [-0.1, -0.05) is 24.3 Å². The molecule has 1 aromatic heterocycles. The number of para-hydroxylation sites is 1. The van der Waals surface area contributed by atoms with Crippen LogP contribution in [0.15, 0.2) is 48.0 Å². The van der Waals surface area contributed by atoms with E-state index >= 15 is 0 Å². The van der Waals surface area contributed by atoms with Crippen molar-refractivity contribution in [2.75, 3.05) is 5.75 Å². The third-order valence-electron chi connectivity index (χ3n) is 2.18. The van der Waals surface area contributed by atoms with Crippen molar-refractivity contribution in [3.63, 3.8) is 0 Å². The van der Waals surface area contributed by atoms with Crippen molar-refractivity contribution in [3.05, 3.63) is 43.0 Å². The lowest BCUT2D eigenvalue weighted by atomic mass is 10.3. The van der Waals surface area contributed by atoms with Gasteiger partial charge in [-0.15, -0.1) is 6.58 Å². The topological polar surface area (TPSA) is 49.9 Å². The lowest BCUT2D eigenvalue weighted by Crippen LogP contribution is -2.04. The standard InChI is InChI=1S/C11H11NO2S/c1-2-7-15(13,14)11-8-9-5-3-4-6-10(9)12-11/h2-6,8,12H,1,7H2. The smallest absolute Gasteiger partial charge is 0.197 e. The third kappa shape index (κ3) is 1.80. The molecule has 0 spiro atoms. The van der Waals surface area contributed by atoms with Crippen molar-refractivity contribution in [2.24, 2.45) is 0 Å². The van der Waals surface area contributed by atoms with E-state index in [9.17, 15) is 8.42 Å². The molecule has 3 nitrogen and oxygen atoms in total. The second-order valence-corrected chi connectivity index (χ2v) is 5.29. The molecule has 0 radical (unpaired) electrons. The molecule has 1 heterocycles. The molecule has 78 valence electrons. The molecule has 0 atom stereocenters. The minimum atomic E-state index is -3.25. The van der Waals surface area contributed by atoms with Crippen LogP contribution in [0.25, 0.3) is 10.9 Å². The number of fused-ring (bicyclic) bond motifs is 1. The molecule has 1 aromatic carbocycles.